The molecular weight excluding hydrogens is 371 g/mol. The minimum atomic E-state index is -0.797. The molecule has 0 N–H and O–H groups in total. The average molecular weight is 388 g/mol. The zero-order valence-electron chi connectivity index (χ0n) is 15.4. The van der Waals surface area contributed by atoms with Crippen LogP contribution in [-0.4, -0.2) is 39.2 Å². The number of ether oxygens (including phenoxy) is 4. The molecule has 0 unspecified atom stereocenters. The van der Waals surface area contributed by atoms with Crippen LogP contribution in [0.4, 0.5) is 4.39 Å². The number of methoxy groups -OCH3 is 3. The van der Waals surface area contributed by atoms with Gasteiger partial charge in [0.25, 0.3) is 0 Å². The Morgan fingerprint density at radius 1 is 0.893 bits per heavy atom. The molecule has 0 spiro atoms. The molecule has 2 aromatic carbocycles. The summed E-state index contributed by atoms with van der Waals surface area (Å²) in [6.07, 6.45) is 2.42. The number of hydrogen-bond acceptors (Lipinski definition) is 7. The van der Waals surface area contributed by atoms with Crippen LogP contribution in [0.25, 0.3) is 6.08 Å². The third-order valence-electron chi connectivity index (χ3n) is 3.55. The number of hydrogen-bond donors (Lipinski definition) is 0. The topological polar surface area (TPSA) is 88.1 Å². The van der Waals surface area contributed by atoms with Gasteiger partial charge in [-0.1, -0.05) is 6.07 Å². The summed E-state index contributed by atoms with van der Waals surface area (Å²) < 4.78 is 32.8. The lowest BCUT2D eigenvalue weighted by molar-refractivity contribution is -0.128. The number of halogens is 1. The molecule has 0 fully saturated rings. The first-order valence-corrected chi connectivity index (χ1v) is 7.93. The highest BCUT2D eigenvalue weighted by Crippen LogP contribution is 2.20. The Hall–Kier alpha value is -3.68. The van der Waals surface area contributed by atoms with Crippen LogP contribution in [0.2, 0.25) is 0 Å². The molecule has 28 heavy (non-hydrogen) atoms. The predicted molar refractivity (Wildman–Crippen MR) is 96.7 cm³/mol. The molecule has 2 rings (SSSR count). The van der Waals surface area contributed by atoms with Crippen molar-refractivity contribution in [1.82, 2.24) is 0 Å². The Bertz CT molecular complexity index is 900. The summed E-state index contributed by atoms with van der Waals surface area (Å²) in [6, 6.07) is 7.91. The highest BCUT2D eigenvalue weighted by molar-refractivity contribution is 5.96. The van der Waals surface area contributed by atoms with Crippen molar-refractivity contribution in [3.05, 3.63) is 65.0 Å². The Labute approximate surface area is 160 Å². The van der Waals surface area contributed by atoms with Crippen molar-refractivity contribution in [3.63, 3.8) is 0 Å². The van der Waals surface area contributed by atoms with Crippen molar-refractivity contribution in [2.75, 3.05) is 21.3 Å². The number of benzene rings is 2. The first kappa shape index (κ1) is 20.6. The largest absolute Gasteiger partial charge is 0.494 e. The van der Waals surface area contributed by atoms with Crippen LogP contribution in [0.3, 0.4) is 0 Å². The van der Waals surface area contributed by atoms with Gasteiger partial charge in [0.05, 0.1) is 32.5 Å². The molecule has 0 heterocycles. The fourth-order valence-electron chi connectivity index (χ4n) is 2.23. The van der Waals surface area contributed by atoms with Crippen LogP contribution in [0.15, 0.2) is 42.5 Å². The van der Waals surface area contributed by atoms with Gasteiger partial charge in [-0.2, -0.15) is 0 Å². The van der Waals surface area contributed by atoms with Gasteiger partial charge in [-0.3, -0.25) is 0 Å². The van der Waals surface area contributed by atoms with Crippen LogP contribution in [0.5, 0.6) is 11.5 Å². The lowest BCUT2D eigenvalue weighted by Gasteiger charge is -2.07. The van der Waals surface area contributed by atoms with Gasteiger partial charge in [0.15, 0.2) is 11.6 Å². The molecule has 0 aromatic heterocycles. The van der Waals surface area contributed by atoms with Crippen molar-refractivity contribution in [2.24, 2.45) is 0 Å². The van der Waals surface area contributed by atoms with E-state index >= 15 is 0 Å². The quantitative estimate of drug-likeness (QED) is 0.427. The third kappa shape index (κ3) is 5.16. The highest BCUT2D eigenvalue weighted by atomic mass is 19.1. The summed E-state index contributed by atoms with van der Waals surface area (Å²) >= 11 is 0. The summed E-state index contributed by atoms with van der Waals surface area (Å²) in [6.45, 7) is 0. The minimum absolute atomic E-state index is 0.00871. The van der Waals surface area contributed by atoms with Crippen LogP contribution in [0, 0.1) is 5.82 Å². The maximum atomic E-state index is 13.7. The molecule has 0 aliphatic rings. The summed E-state index contributed by atoms with van der Waals surface area (Å²) in [4.78, 5) is 35.5. The zero-order chi connectivity index (χ0) is 20.7. The van der Waals surface area contributed by atoms with Crippen molar-refractivity contribution in [3.8, 4) is 11.5 Å². The van der Waals surface area contributed by atoms with E-state index in [0.29, 0.717) is 5.56 Å². The standard InChI is InChI=1S/C20H17FO7/c1-25-17-6-4-12(8-16(17)21)5-7-18(22)28-15-10-13(19(23)26-2)9-14(11-15)20(24)27-3/h4-11H,1-3H3/b7-5+. The number of carbonyl (C=O) groups is 3. The number of esters is 3. The van der Waals surface area contributed by atoms with Gasteiger partial charge in [0, 0.05) is 6.08 Å². The number of carbonyl (C=O) groups excluding carboxylic acids is 3. The van der Waals surface area contributed by atoms with Crippen LogP contribution in [0.1, 0.15) is 26.3 Å². The SMILES string of the molecule is COC(=O)c1cc(OC(=O)/C=C/c2ccc(OC)c(F)c2)cc(C(=O)OC)c1. The molecule has 146 valence electrons. The van der Waals surface area contributed by atoms with Gasteiger partial charge in [0.1, 0.15) is 5.75 Å². The Kier molecular flexibility index (Phi) is 6.86. The monoisotopic (exact) mass is 388 g/mol. The fourth-order valence-corrected chi connectivity index (χ4v) is 2.23. The van der Waals surface area contributed by atoms with E-state index in [0.717, 1.165) is 6.08 Å². The third-order valence-corrected chi connectivity index (χ3v) is 3.55. The van der Waals surface area contributed by atoms with E-state index in [-0.39, 0.29) is 22.6 Å². The van der Waals surface area contributed by atoms with Gasteiger partial charge in [0.2, 0.25) is 0 Å². The van der Waals surface area contributed by atoms with Crippen molar-refractivity contribution < 1.29 is 37.7 Å². The molecule has 8 heteroatoms. The molecule has 7 nitrogen and oxygen atoms in total. The molecule has 0 atom stereocenters. The lowest BCUT2D eigenvalue weighted by atomic mass is 10.1. The second-order valence-corrected chi connectivity index (χ2v) is 5.38. The minimum Gasteiger partial charge on any atom is -0.494 e. The van der Waals surface area contributed by atoms with E-state index in [1.807, 2.05) is 0 Å². The molecule has 0 radical (unpaired) electrons. The second-order valence-electron chi connectivity index (χ2n) is 5.38. The molecule has 0 aliphatic carbocycles. The van der Waals surface area contributed by atoms with Crippen molar-refractivity contribution in [1.29, 1.82) is 0 Å². The van der Waals surface area contributed by atoms with Gasteiger partial charge < -0.3 is 18.9 Å². The summed E-state index contributed by atoms with van der Waals surface area (Å²) in [5, 5.41) is 0. The first-order valence-electron chi connectivity index (χ1n) is 7.93. The van der Waals surface area contributed by atoms with E-state index in [4.69, 9.17) is 9.47 Å². The zero-order valence-corrected chi connectivity index (χ0v) is 15.4. The van der Waals surface area contributed by atoms with Gasteiger partial charge in [-0.25, -0.2) is 18.8 Å². The van der Waals surface area contributed by atoms with Crippen LogP contribution < -0.4 is 9.47 Å². The summed E-state index contributed by atoms with van der Waals surface area (Å²) in [7, 11) is 3.70. The maximum absolute atomic E-state index is 13.7. The fraction of sp³-hybridized carbons (Fsp3) is 0.150. The Balaban J connectivity index is 2.21. The van der Waals surface area contributed by atoms with Crippen LogP contribution >= 0.6 is 0 Å². The van der Waals surface area contributed by atoms with E-state index < -0.39 is 23.7 Å². The van der Waals surface area contributed by atoms with Gasteiger partial charge >= 0.3 is 17.9 Å². The molecule has 0 bridgehead atoms. The first-order chi connectivity index (χ1) is 13.4. The molecule has 0 aliphatic heterocycles. The summed E-state index contributed by atoms with van der Waals surface area (Å²) in [5.41, 5.74) is 0.428. The molecule has 0 amide bonds. The van der Waals surface area contributed by atoms with Crippen molar-refractivity contribution in [2.45, 2.75) is 0 Å². The van der Waals surface area contributed by atoms with Crippen LogP contribution in [-0.2, 0) is 14.3 Å². The Morgan fingerprint density at radius 3 is 2.00 bits per heavy atom. The highest BCUT2D eigenvalue weighted by Gasteiger charge is 2.15. The molecule has 0 saturated carbocycles. The lowest BCUT2D eigenvalue weighted by Crippen LogP contribution is -2.09. The predicted octanol–water partition coefficient (Wildman–Crippen LogP) is 3.03. The Morgan fingerprint density at radius 2 is 1.50 bits per heavy atom. The second kappa shape index (κ2) is 9.31. The van der Waals surface area contributed by atoms with E-state index in [1.54, 1.807) is 6.07 Å². The average Bonchev–Trinajstić information content (AvgIpc) is 2.70. The number of rotatable bonds is 6. The summed E-state index contributed by atoms with van der Waals surface area (Å²) in [5.74, 6) is -2.78. The molecular formula is C20H17FO7. The van der Waals surface area contributed by atoms with E-state index in [9.17, 15) is 18.8 Å². The molecule has 2 aromatic rings. The van der Waals surface area contributed by atoms with Gasteiger partial charge in [-0.05, 0) is 42.0 Å². The van der Waals surface area contributed by atoms with E-state index in [1.165, 1.54) is 57.7 Å². The van der Waals surface area contributed by atoms with Crippen molar-refractivity contribution >= 4 is 24.0 Å². The normalized spacial score (nSPS) is 10.4. The maximum Gasteiger partial charge on any atom is 0.338 e. The van der Waals surface area contributed by atoms with Gasteiger partial charge in [-0.15, -0.1) is 0 Å². The smallest absolute Gasteiger partial charge is 0.338 e. The van der Waals surface area contributed by atoms with E-state index in [2.05, 4.69) is 9.47 Å². The molecule has 0 saturated heterocycles.